The highest BCUT2D eigenvalue weighted by molar-refractivity contribution is 7.92. The lowest BCUT2D eigenvalue weighted by atomic mass is 10.2. The van der Waals surface area contributed by atoms with Crippen molar-refractivity contribution in [2.45, 2.75) is 11.8 Å². The molecular formula is C18H15N5O5S. The van der Waals surface area contributed by atoms with Crippen molar-refractivity contribution in [2.24, 2.45) is 4.99 Å². The second kappa shape index (κ2) is 8.02. The number of phenols is 1. The summed E-state index contributed by atoms with van der Waals surface area (Å²) in [5.74, 6) is -0.200. The smallest absolute Gasteiger partial charge is 0.270 e. The van der Waals surface area contributed by atoms with Gasteiger partial charge in [0.25, 0.3) is 15.7 Å². The predicted molar refractivity (Wildman–Crippen MR) is 106 cm³/mol. The number of aryl methyl sites for hydroxylation is 1. The molecular weight excluding hydrogens is 398 g/mol. The number of phenolic OH excluding ortho intramolecular Hbond substituents is 1. The summed E-state index contributed by atoms with van der Waals surface area (Å²) in [6, 6.07) is 10.8. The van der Waals surface area contributed by atoms with Crippen LogP contribution in [0.25, 0.3) is 0 Å². The van der Waals surface area contributed by atoms with Gasteiger partial charge in [-0.15, -0.1) is 0 Å². The van der Waals surface area contributed by atoms with E-state index in [0.717, 1.165) is 0 Å². The molecule has 0 saturated heterocycles. The fraction of sp³-hybridized carbons (Fsp3) is 0.0556. The number of nitro groups is 1. The molecule has 0 aliphatic rings. The van der Waals surface area contributed by atoms with E-state index in [9.17, 15) is 23.6 Å². The quantitative estimate of drug-likeness (QED) is 0.358. The van der Waals surface area contributed by atoms with E-state index < -0.39 is 14.9 Å². The van der Waals surface area contributed by atoms with E-state index in [4.69, 9.17) is 0 Å². The van der Waals surface area contributed by atoms with Crippen molar-refractivity contribution in [1.82, 2.24) is 9.97 Å². The van der Waals surface area contributed by atoms with Gasteiger partial charge in [0.1, 0.15) is 5.75 Å². The second-order valence-electron chi connectivity index (χ2n) is 5.88. The van der Waals surface area contributed by atoms with Gasteiger partial charge in [0.05, 0.1) is 15.5 Å². The Bertz CT molecular complexity index is 1190. The first kappa shape index (κ1) is 19.9. The Hall–Kier alpha value is -3.86. The molecule has 2 aromatic carbocycles. The minimum Gasteiger partial charge on any atom is -0.507 e. The number of benzene rings is 2. The minimum atomic E-state index is -3.88. The Balaban J connectivity index is 1.79. The molecule has 29 heavy (non-hydrogen) atoms. The van der Waals surface area contributed by atoms with E-state index in [2.05, 4.69) is 19.7 Å². The van der Waals surface area contributed by atoms with E-state index in [1.54, 1.807) is 13.0 Å². The third kappa shape index (κ3) is 4.90. The molecule has 0 fully saturated rings. The number of aromatic hydroxyl groups is 1. The molecule has 148 valence electrons. The zero-order valence-electron chi connectivity index (χ0n) is 15.1. The van der Waals surface area contributed by atoms with E-state index >= 15 is 0 Å². The molecule has 1 aromatic heterocycles. The Morgan fingerprint density at radius 3 is 2.55 bits per heavy atom. The minimum absolute atomic E-state index is 0.0141. The summed E-state index contributed by atoms with van der Waals surface area (Å²) in [6.07, 6.45) is 2.70. The fourth-order valence-corrected chi connectivity index (χ4v) is 3.24. The number of aromatic nitrogens is 2. The molecule has 3 rings (SSSR count). The SMILES string of the molecule is Cc1ccnc(NS(=O)(=O)c2ccc(N=Cc3cc([N+](=O)[O-])ccc3O)cc2)n1. The molecule has 11 heteroatoms. The van der Waals surface area contributed by atoms with Gasteiger partial charge in [0.15, 0.2) is 0 Å². The van der Waals surface area contributed by atoms with Crippen LogP contribution < -0.4 is 4.72 Å². The van der Waals surface area contributed by atoms with Crippen LogP contribution in [0.4, 0.5) is 17.3 Å². The molecule has 10 nitrogen and oxygen atoms in total. The molecule has 2 N–H and O–H groups in total. The Labute approximate surface area is 165 Å². The maximum absolute atomic E-state index is 12.4. The normalized spacial score (nSPS) is 11.5. The molecule has 1 heterocycles. The lowest BCUT2D eigenvalue weighted by molar-refractivity contribution is -0.384. The van der Waals surface area contributed by atoms with Crippen LogP contribution in [-0.2, 0) is 10.0 Å². The Kier molecular flexibility index (Phi) is 5.50. The Morgan fingerprint density at radius 1 is 1.17 bits per heavy atom. The number of hydrogen-bond donors (Lipinski definition) is 2. The molecule has 0 aliphatic heterocycles. The van der Waals surface area contributed by atoms with Crippen LogP contribution in [0, 0.1) is 17.0 Å². The van der Waals surface area contributed by atoms with Crippen molar-refractivity contribution in [3.05, 3.63) is 76.1 Å². The largest absolute Gasteiger partial charge is 0.507 e. The van der Waals surface area contributed by atoms with E-state index in [-0.39, 0.29) is 27.8 Å². The van der Waals surface area contributed by atoms with Crippen LogP contribution in [0.5, 0.6) is 5.75 Å². The van der Waals surface area contributed by atoms with Crippen molar-refractivity contribution in [1.29, 1.82) is 0 Å². The molecule has 0 aliphatic carbocycles. The number of nitrogens with zero attached hydrogens (tertiary/aromatic N) is 4. The predicted octanol–water partition coefficient (Wildman–Crippen LogP) is 2.95. The molecule has 3 aromatic rings. The maximum Gasteiger partial charge on any atom is 0.270 e. The number of hydrogen-bond acceptors (Lipinski definition) is 8. The first-order valence-corrected chi connectivity index (χ1v) is 9.67. The van der Waals surface area contributed by atoms with Crippen molar-refractivity contribution in [3.8, 4) is 5.75 Å². The topological polar surface area (TPSA) is 148 Å². The summed E-state index contributed by atoms with van der Waals surface area (Å²) in [7, 11) is -3.88. The molecule has 0 unspecified atom stereocenters. The number of rotatable bonds is 6. The van der Waals surface area contributed by atoms with Gasteiger partial charge < -0.3 is 5.11 Å². The number of non-ortho nitro benzene ring substituents is 1. The second-order valence-corrected chi connectivity index (χ2v) is 7.56. The van der Waals surface area contributed by atoms with Crippen LogP contribution in [0.2, 0.25) is 0 Å². The van der Waals surface area contributed by atoms with E-state index in [0.29, 0.717) is 11.4 Å². The first-order chi connectivity index (χ1) is 13.7. The number of aliphatic imine (C=N–C) groups is 1. The highest BCUT2D eigenvalue weighted by atomic mass is 32.2. The summed E-state index contributed by atoms with van der Waals surface area (Å²) in [5, 5.41) is 20.6. The van der Waals surface area contributed by atoms with Crippen LogP contribution in [0.3, 0.4) is 0 Å². The van der Waals surface area contributed by atoms with Crippen LogP contribution in [-0.4, -0.2) is 34.6 Å². The van der Waals surface area contributed by atoms with Crippen molar-refractivity contribution < 1.29 is 18.4 Å². The third-order valence-corrected chi connectivity index (χ3v) is 5.09. The van der Waals surface area contributed by atoms with Gasteiger partial charge >= 0.3 is 0 Å². The molecule has 0 radical (unpaired) electrons. The van der Waals surface area contributed by atoms with Gasteiger partial charge in [-0.05, 0) is 43.3 Å². The monoisotopic (exact) mass is 413 g/mol. The summed E-state index contributed by atoms with van der Waals surface area (Å²) in [4.78, 5) is 22.2. The zero-order chi connectivity index (χ0) is 21.0. The average molecular weight is 413 g/mol. The van der Waals surface area contributed by atoms with Gasteiger partial charge in [-0.3, -0.25) is 15.1 Å². The maximum atomic E-state index is 12.4. The van der Waals surface area contributed by atoms with Crippen LogP contribution in [0.15, 0.2) is 64.6 Å². The Morgan fingerprint density at radius 2 is 1.90 bits per heavy atom. The van der Waals surface area contributed by atoms with Gasteiger partial charge in [-0.2, -0.15) is 0 Å². The molecule has 0 bridgehead atoms. The summed E-state index contributed by atoms with van der Waals surface area (Å²) in [5.41, 5.74) is 0.984. The molecule has 0 spiro atoms. The standard InChI is InChI=1S/C18H15N5O5S/c1-12-8-9-19-18(21-12)22-29(27,28)16-5-2-14(3-6-16)20-11-13-10-15(23(25)26)4-7-17(13)24/h2-11,24H,1H3,(H,19,21,22). The van der Waals surface area contributed by atoms with Crippen LogP contribution in [0.1, 0.15) is 11.3 Å². The lowest BCUT2D eigenvalue weighted by Gasteiger charge is -2.07. The first-order valence-electron chi connectivity index (χ1n) is 8.18. The number of nitro benzene ring substituents is 1. The number of nitrogens with one attached hydrogen (secondary N) is 1. The van der Waals surface area contributed by atoms with Crippen LogP contribution >= 0.6 is 0 Å². The zero-order valence-corrected chi connectivity index (χ0v) is 15.9. The summed E-state index contributed by atoms with van der Waals surface area (Å²) >= 11 is 0. The van der Waals surface area contributed by atoms with E-state index in [1.807, 2.05) is 0 Å². The van der Waals surface area contributed by atoms with Gasteiger partial charge in [0, 0.05) is 35.8 Å². The highest BCUT2D eigenvalue weighted by Gasteiger charge is 2.15. The molecule has 0 atom stereocenters. The van der Waals surface area contributed by atoms with Gasteiger partial charge in [-0.1, -0.05) is 0 Å². The average Bonchev–Trinajstić information content (AvgIpc) is 2.67. The van der Waals surface area contributed by atoms with Crippen molar-refractivity contribution >= 4 is 33.6 Å². The fourth-order valence-electron chi connectivity index (χ4n) is 2.29. The number of sulfonamides is 1. The summed E-state index contributed by atoms with van der Waals surface area (Å²) < 4.78 is 27.1. The molecule has 0 amide bonds. The van der Waals surface area contributed by atoms with Crippen molar-refractivity contribution in [2.75, 3.05) is 4.72 Å². The number of anilines is 1. The summed E-state index contributed by atoms with van der Waals surface area (Å²) in [6.45, 7) is 1.71. The van der Waals surface area contributed by atoms with E-state index in [1.165, 1.54) is 54.9 Å². The van der Waals surface area contributed by atoms with Gasteiger partial charge in [0.2, 0.25) is 5.95 Å². The van der Waals surface area contributed by atoms with Gasteiger partial charge in [-0.25, -0.2) is 23.1 Å². The lowest BCUT2D eigenvalue weighted by Crippen LogP contribution is -2.15. The van der Waals surface area contributed by atoms with Crippen molar-refractivity contribution in [3.63, 3.8) is 0 Å². The molecule has 0 saturated carbocycles. The highest BCUT2D eigenvalue weighted by Crippen LogP contribution is 2.23. The third-order valence-electron chi connectivity index (χ3n) is 3.74.